The lowest BCUT2D eigenvalue weighted by atomic mass is 10.1. The molecule has 1 aromatic carbocycles. The van der Waals surface area contributed by atoms with E-state index in [0.29, 0.717) is 6.61 Å². The molecule has 20 heavy (non-hydrogen) atoms. The fraction of sp³-hybridized carbons (Fsp3) is 0.562. The highest BCUT2D eigenvalue weighted by molar-refractivity contribution is 5.70. The van der Waals surface area contributed by atoms with Crippen LogP contribution in [0.15, 0.2) is 24.3 Å². The molecule has 1 aromatic rings. The largest absolute Gasteiger partial charge is 0.492 e. The van der Waals surface area contributed by atoms with Gasteiger partial charge in [-0.25, -0.2) is 0 Å². The van der Waals surface area contributed by atoms with Gasteiger partial charge in [0, 0.05) is 12.6 Å². The summed E-state index contributed by atoms with van der Waals surface area (Å²) in [7, 11) is 2.16. The fourth-order valence-corrected chi connectivity index (χ4v) is 2.71. The van der Waals surface area contributed by atoms with E-state index in [0.717, 1.165) is 23.9 Å². The topological polar surface area (TPSA) is 49.8 Å². The molecular formula is C16H23NO3. The summed E-state index contributed by atoms with van der Waals surface area (Å²) in [4.78, 5) is 13.0. The van der Waals surface area contributed by atoms with Crippen molar-refractivity contribution in [2.45, 2.75) is 38.1 Å². The van der Waals surface area contributed by atoms with Crippen LogP contribution in [0, 0.1) is 0 Å². The first-order chi connectivity index (χ1) is 9.65. The lowest BCUT2D eigenvalue weighted by Gasteiger charge is -2.23. The molecule has 0 heterocycles. The van der Waals surface area contributed by atoms with Gasteiger partial charge in [0.2, 0.25) is 0 Å². The smallest absolute Gasteiger partial charge is 0.307 e. The van der Waals surface area contributed by atoms with Crippen molar-refractivity contribution in [1.29, 1.82) is 0 Å². The molecule has 0 saturated heterocycles. The molecule has 110 valence electrons. The van der Waals surface area contributed by atoms with Gasteiger partial charge in [-0.2, -0.15) is 0 Å². The maximum absolute atomic E-state index is 10.6. The van der Waals surface area contributed by atoms with Crippen molar-refractivity contribution in [2.75, 3.05) is 20.2 Å². The summed E-state index contributed by atoms with van der Waals surface area (Å²) in [5.74, 6) is -0.00387. The van der Waals surface area contributed by atoms with Crippen LogP contribution in [-0.4, -0.2) is 42.2 Å². The van der Waals surface area contributed by atoms with Gasteiger partial charge in [-0.1, -0.05) is 25.0 Å². The van der Waals surface area contributed by atoms with Crippen LogP contribution in [0.5, 0.6) is 5.75 Å². The minimum atomic E-state index is -0.808. The summed E-state index contributed by atoms with van der Waals surface area (Å²) in [6.07, 6.45) is 5.37. The highest BCUT2D eigenvalue weighted by Crippen LogP contribution is 2.22. The molecule has 4 heteroatoms. The second-order valence-electron chi connectivity index (χ2n) is 5.48. The third-order valence-electron chi connectivity index (χ3n) is 3.94. The Balaban J connectivity index is 1.72. The van der Waals surface area contributed by atoms with E-state index < -0.39 is 5.97 Å². The number of carboxylic acid groups (broad SMARTS) is 1. The van der Waals surface area contributed by atoms with E-state index in [1.165, 1.54) is 25.7 Å². The SMILES string of the molecule is CN(CCOc1ccc(CC(=O)O)cc1)C1CCCC1. The van der Waals surface area contributed by atoms with Crippen LogP contribution in [-0.2, 0) is 11.2 Å². The molecule has 0 amide bonds. The number of hydrogen-bond acceptors (Lipinski definition) is 3. The standard InChI is InChI=1S/C16H23NO3/c1-17(14-4-2-3-5-14)10-11-20-15-8-6-13(7-9-15)12-16(18)19/h6-9,14H,2-5,10-12H2,1H3,(H,18,19). The van der Waals surface area contributed by atoms with Crippen LogP contribution in [0.3, 0.4) is 0 Å². The normalized spacial score (nSPS) is 15.7. The lowest BCUT2D eigenvalue weighted by molar-refractivity contribution is -0.136. The lowest BCUT2D eigenvalue weighted by Crippen LogP contribution is -2.32. The van der Waals surface area contributed by atoms with Crippen molar-refractivity contribution in [3.05, 3.63) is 29.8 Å². The summed E-state index contributed by atoms with van der Waals surface area (Å²) in [5.41, 5.74) is 0.799. The Morgan fingerprint density at radius 3 is 2.55 bits per heavy atom. The zero-order valence-corrected chi connectivity index (χ0v) is 12.0. The van der Waals surface area contributed by atoms with Gasteiger partial charge in [0.05, 0.1) is 6.42 Å². The first kappa shape index (κ1) is 14.9. The van der Waals surface area contributed by atoms with Crippen LogP contribution in [0.2, 0.25) is 0 Å². The van der Waals surface area contributed by atoms with Crippen LogP contribution >= 0.6 is 0 Å². The Morgan fingerprint density at radius 2 is 1.95 bits per heavy atom. The van der Waals surface area contributed by atoms with Gasteiger partial charge < -0.3 is 14.7 Å². The van der Waals surface area contributed by atoms with Gasteiger partial charge in [0.1, 0.15) is 12.4 Å². The third-order valence-corrected chi connectivity index (χ3v) is 3.94. The van der Waals surface area contributed by atoms with Crippen molar-refractivity contribution < 1.29 is 14.6 Å². The molecular weight excluding hydrogens is 254 g/mol. The van der Waals surface area contributed by atoms with E-state index in [1.807, 2.05) is 24.3 Å². The Labute approximate surface area is 120 Å². The number of nitrogens with zero attached hydrogens (tertiary/aromatic N) is 1. The van der Waals surface area contributed by atoms with Crippen molar-refractivity contribution in [2.24, 2.45) is 0 Å². The zero-order chi connectivity index (χ0) is 14.4. The molecule has 0 aliphatic heterocycles. The Hall–Kier alpha value is -1.55. The molecule has 1 saturated carbocycles. The second kappa shape index (κ2) is 7.29. The van der Waals surface area contributed by atoms with Crippen LogP contribution in [0.25, 0.3) is 0 Å². The summed E-state index contributed by atoms with van der Waals surface area (Å²) in [6.45, 7) is 1.60. The number of benzene rings is 1. The van der Waals surface area contributed by atoms with Crippen molar-refractivity contribution in [3.8, 4) is 5.75 Å². The molecule has 0 bridgehead atoms. The Bertz CT molecular complexity index is 424. The van der Waals surface area contributed by atoms with Crippen LogP contribution < -0.4 is 4.74 Å². The van der Waals surface area contributed by atoms with Gasteiger partial charge in [-0.3, -0.25) is 4.79 Å². The van der Waals surface area contributed by atoms with Gasteiger partial charge in [0.25, 0.3) is 0 Å². The highest BCUT2D eigenvalue weighted by Gasteiger charge is 2.18. The number of carbonyl (C=O) groups is 1. The first-order valence-corrected chi connectivity index (χ1v) is 7.29. The minimum Gasteiger partial charge on any atom is -0.492 e. The third kappa shape index (κ3) is 4.53. The molecule has 1 aliphatic rings. The van der Waals surface area contributed by atoms with E-state index in [4.69, 9.17) is 9.84 Å². The molecule has 0 unspecified atom stereocenters. The van der Waals surface area contributed by atoms with Gasteiger partial charge >= 0.3 is 5.97 Å². The number of aliphatic carboxylic acids is 1. The average Bonchev–Trinajstić information content (AvgIpc) is 2.94. The highest BCUT2D eigenvalue weighted by atomic mass is 16.5. The minimum absolute atomic E-state index is 0.0602. The van der Waals surface area contributed by atoms with E-state index >= 15 is 0 Å². The molecule has 2 rings (SSSR count). The van der Waals surface area contributed by atoms with Crippen LogP contribution in [0.1, 0.15) is 31.2 Å². The molecule has 0 spiro atoms. The molecule has 1 fully saturated rings. The first-order valence-electron chi connectivity index (χ1n) is 7.29. The van der Waals surface area contributed by atoms with Gasteiger partial charge in [-0.15, -0.1) is 0 Å². The Kier molecular flexibility index (Phi) is 5.41. The number of carboxylic acids is 1. The van der Waals surface area contributed by atoms with E-state index in [-0.39, 0.29) is 6.42 Å². The monoisotopic (exact) mass is 277 g/mol. The van der Waals surface area contributed by atoms with Crippen molar-refractivity contribution >= 4 is 5.97 Å². The summed E-state index contributed by atoms with van der Waals surface area (Å²) < 4.78 is 5.71. The molecule has 1 N–H and O–H groups in total. The average molecular weight is 277 g/mol. The number of rotatable bonds is 7. The van der Waals surface area contributed by atoms with E-state index in [9.17, 15) is 4.79 Å². The summed E-state index contributed by atoms with van der Waals surface area (Å²) in [5, 5.41) is 8.71. The van der Waals surface area contributed by atoms with Crippen LogP contribution in [0.4, 0.5) is 0 Å². The predicted molar refractivity (Wildman–Crippen MR) is 78.2 cm³/mol. The van der Waals surface area contributed by atoms with Crippen molar-refractivity contribution in [1.82, 2.24) is 4.90 Å². The second-order valence-corrected chi connectivity index (χ2v) is 5.48. The zero-order valence-electron chi connectivity index (χ0n) is 12.0. The molecule has 0 aromatic heterocycles. The maximum atomic E-state index is 10.6. The van der Waals surface area contributed by atoms with E-state index in [1.54, 1.807) is 0 Å². The van der Waals surface area contributed by atoms with Gasteiger partial charge in [-0.05, 0) is 37.6 Å². The molecule has 0 atom stereocenters. The predicted octanol–water partition coefficient (Wildman–Crippen LogP) is 2.57. The van der Waals surface area contributed by atoms with Crippen molar-refractivity contribution in [3.63, 3.8) is 0 Å². The Morgan fingerprint density at radius 1 is 1.30 bits per heavy atom. The number of hydrogen-bond donors (Lipinski definition) is 1. The molecule has 4 nitrogen and oxygen atoms in total. The number of likely N-dealkylation sites (N-methyl/N-ethyl adjacent to an activating group) is 1. The summed E-state index contributed by atoms with van der Waals surface area (Å²) in [6, 6.07) is 8.02. The maximum Gasteiger partial charge on any atom is 0.307 e. The quantitative estimate of drug-likeness (QED) is 0.832. The molecule has 1 aliphatic carbocycles. The molecule has 0 radical (unpaired) electrons. The fourth-order valence-electron chi connectivity index (χ4n) is 2.71. The van der Waals surface area contributed by atoms with Gasteiger partial charge in [0.15, 0.2) is 0 Å². The number of ether oxygens (including phenoxy) is 1. The summed E-state index contributed by atoms with van der Waals surface area (Å²) >= 11 is 0. The van der Waals surface area contributed by atoms with E-state index in [2.05, 4.69) is 11.9 Å².